The lowest BCUT2D eigenvalue weighted by molar-refractivity contribution is -0.143. The lowest BCUT2D eigenvalue weighted by Crippen LogP contribution is -2.59. The molecule has 9 N–H and O–H groups in total. The summed E-state index contributed by atoms with van der Waals surface area (Å²) in [5, 5.41) is 26.0. The summed E-state index contributed by atoms with van der Waals surface area (Å²) in [5.41, 5.74) is 10.7. The van der Waals surface area contributed by atoms with Crippen LogP contribution in [-0.4, -0.2) is 70.1 Å². The number of carboxylic acid groups (broad SMARTS) is 1. The Kier molecular flexibility index (Phi) is 11.7. The SMILES string of the molecule is CC(C)C(NC(=O)C(CCC(N)=O)NC(=O)C(NC(=O)C(N)C(C)O)C(C)C)C(=O)O. The van der Waals surface area contributed by atoms with Crippen molar-refractivity contribution in [1.29, 1.82) is 0 Å². The number of carboxylic acids is 1. The van der Waals surface area contributed by atoms with Crippen molar-refractivity contribution in [3.05, 3.63) is 0 Å². The number of carbonyl (C=O) groups excluding carboxylic acids is 4. The van der Waals surface area contributed by atoms with Crippen LogP contribution in [0.1, 0.15) is 47.5 Å². The number of carbonyl (C=O) groups is 5. The fourth-order valence-corrected chi connectivity index (χ4v) is 2.59. The second-order valence-electron chi connectivity index (χ2n) is 8.13. The van der Waals surface area contributed by atoms with Crippen molar-refractivity contribution in [3.63, 3.8) is 0 Å². The number of hydrogen-bond acceptors (Lipinski definition) is 7. The molecule has 12 heteroatoms. The molecule has 0 bridgehead atoms. The second kappa shape index (κ2) is 12.8. The van der Waals surface area contributed by atoms with E-state index in [1.54, 1.807) is 27.7 Å². The van der Waals surface area contributed by atoms with Gasteiger partial charge in [0.1, 0.15) is 24.2 Å². The molecule has 4 amide bonds. The Labute approximate surface area is 181 Å². The monoisotopic (exact) mass is 445 g/mol. The van der Waals surface area contributed by atoms with E-state index in [1.165, 1.54) is 6.92 Å². The number of aliphatic carboxylic acids is 1. The highest BCUT2D eigenvalue weighted by Crippen LogP contribution is 2.08. The van der Waals surface area contributed by atoms with E-state index in [-0.39, 0.29) is 12.8 Å². The number of nitrogens with one attached hydrogen (secondary N) is 3. The maximum Gasteiger partial charge on any atom is 0.326 e. The number of rotatable bonds is 13. The molecule has 0 aliphatic rings. The summed E-state index contributed by atoms with van der Waals surface area (Å²) < 4.78 is 0. The molecule has 178 valence electrons. The van der Waals surface area contributed by atoms with E-state index in [1.807, 2.05) is 0 Å². The van der Waals surface area contributed by atoms with Gasteiger partial charge in [-0.05, 0) is 25.2 Å². The molecule has 0 fully saturated rings. The minimum absolute atomic E-state index is 0.163. The smallest absolute Gasteiger partial charge is 0.326 e. The third-order valence-electron chi connectivity index (χ3n) is 4.61. The van der Waals surface area contributed by atoms with Crippen molar-refractivity contribution in [3.8, 4) is 0 Å². The van der Waals surface area contributed by atoms with E-state index >= 15 is 0 Å². The minimum atomic E-state index is -1.26. The van der Waals surface area contributed by atoms with Crippen molar-refractivity contribution < 1.29 is 34.2 Å². The van der Waals surface area contributed by atoms with Crippen LogP contribution in [0.3, 0.4) is 0 Å². The van der Waals surface area contributed by atoms with Crippen LogP contribution in [0.25, 0.3) is 0 Å². The van der Waals surface area contributed by atoms with Crippen LogP contribution in [0.2, 0.25) is 0 Å². The molecule has 31 heavy (non-hydrogen) atoms. The molecule has 0 saturated heterocycles. The first kappa shape index (κ1) is 28.3. The molecule has 0 aromatic heterocycles. The molecule has 0 spiro atoms. The Morgan fingerprint density at radius 2 is 1.29 bits per heavy atom. The summed E-state index contributed by atoms with van der Waals surface area (Å²) in [6, 6.07) is -4.82. The fraction of sp³-hybridized carbons (Fsp3) is 0.737. The zero-order chi connectivity index (χ0) is 24.5. The maximum atomic E-state index is 12.8. The van der Waals surface area contributed by atoms with Crippen LogP contribution in [0, 0.1) is 11.8 Å². The Bertz CT molecular complexity index is 666. The van der Waals surface area contributed by atoms with Crippen LogP contribution in [0.4, 0.5) is 0 Å². The molecule has 0 saturated carbocycles. The van der Waals surface area contributed by atoms with Crippen LogP contribution in [0.15, 0.2) is 0 Å². The first-order chi connectivity index (χ1) is 14.2. The second-order valence-corrected chi connectivity index (χ2v) is 8.13. The van der Waals surface area contributed by atoms with Gasteiger partial charge in [-0.3, -0.25) is 19.2 Å². The molecule has 0 aromatic rings. The van der Waals surface area contributed by atoms with Crippen molar-refractivity contribution in [2.75, 3.05) is 0 Å². The molecule has 0 heterocycles. The van der Waals surface area contributed by atoms with Gasteiger partial charge in [-0.25, -0.2) is 4.79 Å². The number of primary amides is 1. The number of hydrogen-bond donors (Lipinski definition) is 7. The predicted octanol–water partition coefficient (Wildman–Crippen LogP) is -2.19. The van der Waals surface area contributed by atoms with Crippen molar-refractivity contribution in [2.24, 2.45) is 23.3 Å². The van der Waals surface area contributed by atoms with Gasteiger partial charge in [0.05, 0.1) is 6.10 Å². The van der Waals surface area contributed by atoms with Crippen LogP contribution in [-0.2, 0) is 24.0 Å². The van der Waals surface area contributed by atoms with E-state index in [9.17, 15) is 34.2 Å². The van der Waals surface area contributed by atoms with Crippen LogP contribution >= 0.6 is 0 Å². The third kappa shape index (κ3) is 9.75. The van der Waals surface area contributed by atoms with E-state index < -0.39 is 71.7 Å². The number of aliphatic hydroxyl groups excluding tert-OH is 1. The molecule has 0 aliphatic carbocycles. The third-order valence-corrected chi connectivity index (χ3v) is 4.61. The first-order valence-electron chi connectivity index (χ1n) is 10.0. The quantitative estimate of drug-likeness (QED) is 0.165. The van der Waals surface area contributed by atoms with Gasteiger partial charge in [0.25, 0.3) is 0 Å². The summed E-state index contributed by atoms with van der Waals surface area (Å²) in [5.74, 6) is -5.09. The van der Waals surface area contributed by atoms with E-state index in [0.29, 0.717) is 0 Å². The van der Waals surface area contributed by atoms with Crippen molar-refractivity contribution in [1.82, 2.24) is 16.0 Å². The Morgan fingerprint density at radius 3 is 1.68 bits per heavy atom. The van der Waals surface area contributed by atoms with Gasteiger partial charge >= 0.3 is 5.97 Å². The molecular formula is C19H35N5O7. The lowest BCUT2D eigenvalue weighted by atomic mass is 10.0. The fourth-order valence-electron chi connectivity index (χ4n) is 2.59. The van der Waals surface area contributed by atoms with Crippen molar-refractivity contribution >= 4 is 29.6 Å². The summed E-state index contributed by atoms with van der Waals surface area (Å²) in [6.07, 6.45) is -1.54. The average molecular weight is 446 g/mol. The predicted molar refractivity (Wildman–Crippen MR) is 111 cm³/mol. The summed E-state index contributed by atoms with van der Waals surface area (Å²) >= 11 is 0. The Balaban J connectivity index is 5.51. The molecule has 0 rings (SSSR count). The van der Waals surface area contributed by atoms with E-state index in [4.69, 9.17) is 11.5 Å². The minimum Gasteiger partial charge on any atom is -0.480 e. The highest BCUT2D eigenvalue weighted by Gasteiger charge is 2.33. The zero-order valence-electron chi connectivity index (χ0n) is 18.5. The summed E-state index contributed by atoms with van der Waals surface area (Å²) in [7, 11) is 0. The topological polar surface area (TPSA) is 214 Å². The molecule has 0 aromatic carbocycles. The lowest BCUT2D eigenvalue weighted by Gasteiger charge is -2.27. The Morgan fingerprint density at radius 1 is 0.806 bits per heavy atom. The number of amides is 4. The van der Waals surface area contributed by atoms with Gasteiger partial charge in [-0.1, -0.05) is 27.7 Å². The highest BCUT2D eigenvalue weighted by atomic mass is 16.4. The van der Waals surface area contributed by atoms with Gasteiger partial charge in [0, 0.05) is 6.42 Å². The zero-order valence-corrected chi connectivity index (χ0v) is 18.5. The molecule has 0 aliphatic heterocycles. The number of aliphatic hydroxyl groups is 1. The standard InChI is InChI=1S/C19H35N5O7/c1-8(2)14(23-17(28)13(21)10(5)25)18(29)22-11(6-7-12(20)26)16(27)24-15(9(3)4)19(30)31/h8-11,13-15,25H,6-7,21H2,1-5H3,(H2,20,26)(H,22,29)(H,23,28)(H,24,27)(H,30,31). The van der Waals surface area contributed by atoms with Gasteiger partial charge < -0.3 is 37.6 Å². The van der Waals surface area contributed by atoms with Crippen LogP contribution < -0.4 is 27.4 Å². The summed E-state index contributed by atoms with van der Waals surface area (Å²) in [6.45, 7) is 7.83. The van der Waals surface area contributed by atoms with Gasteiger partial charge in [0.2, 0.25) is 23.6 Å². The summed E-state index contributed by atoms with van der Waals surface area (Å²) in [4.78, 5) is 60.1. The highest BCUT2D eigenvalue weighted by molar-refractivity contribution is 5.94. The van der Waals surface area contributed by atoms with Gasteiger partial charge in [-0.2, -0.15) is 0 Å². The van der Waals surface area contributed by atoms with Gasteiger partial charge in [0.15, 0.2) is 0 Å². The van der Waals surface area contributed by atoms with E-state index in [2.05, 4.69) is 16.0 Å². The molecule has 5 atom stereocenters. The Hall–Kier alpha value is -2.73. The molecule has 5 unspecified atom stereocenters. The van der Waals surface area contributed by atoms with Gasteiger partial charge in [-0.15, -0.1) is 0 Å². The molecule has 0 radical (unpaired) electrons. The van der Waals surface area contributed by atoms with Crippen molar-refractivity contribution in [2.45, 2.75) is 77.7 Å². The maximum absolute atomic E-state index is 12.8. The van der Waals surface area contributed by atoms with Crippen LogP contribution in [0.5, 0.6) is 0 Å². The molecular weight excluding hydrogens is 410 g/mol. The normalized spacial score (nSPS) is 16.0. The average Bonchev–Trinajstić information content (AvgIpc) is 2.64. The molecule has 12 nitrogen and oxygen atoms in total. The largest absolute Gasteiger partial charge is 0.480 e. The van der Waals surface area contributed by atoms with E-state index in [0.717, 1.165) is 0 Å². The first-order valence-corrected chi connectivity index (χ1v) is 10.0. The number of nitrogens with two attached hydrogens (primary N) is 2.